The Balaban J connectivity index is 1.90. The lowest BCUT2D eigenvalue weighted by atomic mass is 9.89. The van der Waals surface area contributed by atoms with Gasteiger partial charge in [0, 0.05) is 17.9 Å². The minimum absolute atomic E-state index is 0.355. The summed E-state index contributed by atoms with van der Waals surface area (Å²) >= 11 is 1.40. The van der Waals surface area contributed by atoms with Crippen LogP contribution in [0.5, 0.6) is 0 Å². The first-order valence-electron chi connectivity index (χ1n) is 11.1. The maximum Gasteiger partial charge on any atom is 0.339 e. The van der Waals surface area contributed by atoms with Crippen LogP contribution in [-0.2, 0) is 19.0 Å². The van der Waals surface area contributed by atoms with E-state index in [9.17, 15) is 9.59 Å². The van der Waals surface area contributed by atoms with Crippen LogP contribution < -0.4 is 0 Å². The molecule has 0 spiro atoms. The van der Waals surface area contributed by atoms with Gasteiger partial charge in [0.15, 0.2) is 4.75 Å². The zero-order chi connectivity index (χ0) is 24.2. The van der Waals surface area contributed by atoms with Gasteiger partial charge in [-0.3, -0.25) is 4.79 Å². The lowest BCUT2D eigenvalue weighted by molar-refractivity contribution is -0.147. The Morgan fingerprint density at radius 3 is 2.24 bits per heavy atom. The van der Waals surface area contributed by atoms with Crippen molar-refractivity contribution in [2.45, 2.75) is 62.9 Å². The highest BCUT2D eigenvalue weighted by Crippen LogP contribution is 2.44. The summed E-state index contributed by atoms with van der Waals surface area (Å²) in [4.78, 5) is 27.0. The van der Waals surface area contributed by atoms with E-state index in [0.717, 1.165) is 27.1 Å². The summed E-state index contributed by atoms with van der Waals surface area (Å²) in [5.74, 6) is -0.760. The first kappa shape index (κ1) is 25.1. The molecule has 0 bridgehead atoms. The maximum atomic E-state index is 13.0. The van der Waals surface area contributed by atoms with E-state index in [1.54, 1.807) is 12.2 Å². The van der Waals surface area contributed by atoms with E-state index in [-0.39, 0.29) is 5.97 Å². The molecule has 3 rings (SSSR count). The molecule has 1 aliphatic rings. The zero-order valence-electron chi connectivity index (χ0n) is 20.1. The van der Waals surface area contributed by atoms with Crippen LogP contribution in [0.3, 0.4) is 0 Å². The van der Waals surface area contributed by atoms with Crippen molar-refractivity contribution in [3.63, 3.8) is 0 Å². The standard InChI is InChI=1S/C27H32O5S/c1-7-31-23-16-21(32-25(28)24-19(4)14-18(3)15-20(24)5)12-13-27(23,26(29)30-6)33-22-10-8-17(2)9-11-22/h8-15,21,23H,7,16H2,1-6H3/t21-,23+,27-/m0/s1. The molecule has 0 heterocycles. The molecule has 2 aromatic carbocycles. The fourth-order valence-corrected chi connectivity index (χ4v) is 5.57. The lowest BCUT2D eigenvalue weighted by Crippen LogP contribution is -2.51. The molecule has 0 saturated carbocycles. The molecule has 0 saturated heterocycles. The third kappa shape index (κ3) is 5.50. The molecule has 2 aromatic rings. The molecular formula is C27H32O5S. The average molecular weight is 469 g/mol. The Morgan fingerprint density at radius 1 is 1.03 bits per heavy atom. The van der Waals surface area contributed by atoms with E-state index in [4.69, 9.17) is 14.2 Å². The van der Waals surface area contributed by atoms with Gasteiger partial charge < -0.3 is 14.2 Å². The molecule has 0 fully saturated rings. The molecule has 0 amide bonds. The second-order valence-corrected chi connectivity index (χ2v) is 9.81. The SMILES string of the molecule is CCO[C@@H]1C[C@@H](OC(=O)c2c(C)cc(C)cc2C)C=C[C@@]1(Sc1ccc(C)cc1)C(=O)OC. The molecular weight excluding hydrogens is 436 g/mol. The summed E-state index contributed by atoms with van der Waals surface area (Å²) in [5.41, 5.74) is 4.60. The van der Waals surface area contributed by atoms with E-state index >= 15 is 0 Å². The van der Waals surface area contributed by atoms with Crippen molar-refractivity contribution in [1.29, 1.82) is 0 Å². The van der Waals surface area contributed by atoms with Crippen LogP contribution in [0.25, 0.3) is 0 Å². The van der Waals surface area contributed by atoms with Crippen molar-refractivity contribution in [3.8, 4) is 0 Å². The van der Waals surface area contributed by atoms with E-state index in [1.807, 2.05) is 71.0 Å². The maximum absolute atomic E-state index is 13.0. The van der Waals surface area contributed by atoms with Crippen molar-refractivity contribution in [3.05, 3.63) is 76.4 Å². The van der Waals surface area contributed by atoms with Gasteiger partial charge in [-0.05, 0) is 64.0 Å². The van der Waals surface area contributed by atoms with Crippen LogP contribution in [0.2, 0.25) is 0 Å². The summed E-state index contributed by atoms with van der Waals surface area (Å²) in [6.45, 7) is 10.2. The molecule has 6 heteroatoms. The molecule has 0 aromatic heterocycles. The van der Waals surface area contributed by atoms with E-state index in [2.05, 4.69) is 0 Å². The highest BCUT2D eigenvalue weighted by Gasteiger charge is 2.50. The molecule has 3 atom stereocenters. The van der Waals surface area contributed by atoms with Gasteiger partial charge in [0.05, 0.1) is 18.8 Å². The Bertz CT molecular complexity index is 1020. The van der Waals surface area contributed by atoms with E-state index in [1.165, 1.54) is 18.9 Å². The van der Waals surface area contributed by atoms with Gasteiger partial charge in [-0.25, -0.2) is 4.79 Å². The van der Waals surface area contributed by atoms with Crippen LogP contribution >= 0.6 is 11.8 Å². The highest BCUT2D eigenvalue weighted by molar-refractivity contribution is 8.01. The predicted molar refractivity (Wildman–Crippen MR) is 131 cm³/mol. The van der Waals surface area contributed by atoms with Gasteiger partial charge in [-0.2, -0.15) is 0 Å². The average Bonchev–Trinajstić information content (AvgIpc) is 2.76. The largest absolute Gasteiger partial charge is 0.468 e. The number of ether oxygens (including phenoxy) is 3. The number of carbonyl (C=O) groups is 2. The van der Waals surface area contributed by atoms with E-state index in [0.29, 0.717) is 18.6 Å². The first-order chi connectivity index (χ1) is 15.7. The number of hydrogen-bond acceptors (Lipinski definition) is 6. The van der Waals surface area contributed by atoms with Gasteiger partial charge in [0.25, 0.3) is 0 Å². The summed E-state index contributed by atoms with van der Waals surface area (Å²) < 4.78 is 16.0. The van der Waals surface area contributed by atoms with Gasteiger partial charge in [0.1, 0.15) is 6.10 Å². The number of esters is 2. The minimum atomic E-state index is -1.07. The molecule has 1 aliphatic carbocycles. The summed E-state index contributed by atoms with van der Waals surface area (Å²) in [6, 6.07) is 11.9. The van der Waals surface area contributed by atoms with Gasteiger partial charge in [-0.1, -0.05) is 41.5 Å². The van der Waals surface area contributed by atoms with Crippen LogP contribution in [0.4, 0.5) is 0 Å². The third-order valence-corrected chi connectivity index (χ3v) is 7.21. The Hall–Kier alpha value is -2.57. The number of thioether (sulfide) groups is 1. The van der Waals surface area contributed by atoms with Crippen LogP contribution in [0, 0.1) is 27.7 Å². The highest BCUT2D eigenvalue weighted by atomic mass is 32.2. The second kappa shape index (κ2) is 10.6. The Morgan fingerprint density at radius 2 is 1.67 bits per heavy atom. The van der Waals surface area contributed by atoms with Crippen LogP contribution in [-0.4, -0.2) is 42.6 Å². The smallest absolute Gasteiger partial charge is 0.339 e. The molecule has 176 valence electrons. The number of hydrogen-bond donors (Lipinski definition) is 0. The van der Waals surface area contributed by atoms with Gasteiger partial charge in [-0.15, -0.1) is 11.8 Å². The van der Waals surface area contributed by atoms with Gasteiger partial charge >= 0.3 is 11.9 Å². The van der Waals surface area contributed by atoms with Crippen LogP contribution in [0.1, 0.15) is 46.0 Å². The topological polar surface area (TPSA) is 61.8 Å². The zero-order valence-corrected chi connectivity index (χ0v) is 21.0. The molecule has 0 radical (unpaired) electrons. The third-order valence-electron chi connectivity index (χ3n) is 5.80. The van der Waals surface area contributed by atoms with Gasteiger partial charge in [0.2, 0.25) is 0 Å². The van der Waals surface area contributed by atoms with E-state index < -0.39 is 22.9 Å². The fraction of sp³-hybridized carbons (Fsp3) is 0.407. The first-order valence-corrected chi connectivity index (χ1v) is 12.0. The normalized spacial score (nSPS) is 22.1. The van der Waals surface area contributed by atoms with Crippen molar-refractivity contribution in [2.24, 2.45) is 0 Å². The quantitative estimate of drug-likeness (QED) is 0.394. The number of aryl methyl sites for hydroxylation is 4. The predicted octanol–water partition coefficient (Wildman–Crippen LogP) is 5.51. The summed E-state index contributed by atoms with van der Waals surface area (Å²) in [5, 5.41) is 0. The number of benzene rings is 2. The number of carbonyl (C=O) groups excluding carboxylic acids is 2. The summed E-state index contributed by atoms with van der Waals surface area (Å²) in [7, 11) is 1.38. The molecule has 0 unspecified atom stereocenters. The van der Waals surface area contributed by atoms with Crippen molar-refractivity contribution in [2.75, 3.05) is 13.7 Å². The molecule has 5 nitrogen and oxygen atoms in total. The van der Waals surface area contributed by atoms with Crippen LogP contribution in [0.15, 0.2) is 53.4 Å². The van der Waals surface area contributed by atoms with Crippen molar-refractivity contribution < 1.29 is 23.8 Å². The van der Waals surface area contributed by atoms with Crippen molar-refractivity contribution >= 4 is 23.7 Å². The molecule has 0 aliphatic heterocycles. The second-order valence-electron chi connectivity index (χ2n) is 8.46. The number of rotatable bonds is 7. The fourth-order valence-electron chi connectivity index (χ4n) is 4.30. The minimum Gasteiger partial charge on any atom is -0.468 e. The molecule has 33 heavy (non-hydrogen) atoms. The Kier molecular flexibility index (Phi) is 8.03. The monoisotopic (exact) mass is 468 g/mol. The number of methoxy groups -OCH3 is 1. The Labute approximate surface area is 200 Å². The van der Waals surface area contributed by atoms with Crippen molar-refractivity contribution in [1.82, 2.24) is 0 Å². The molecule has 0 N–H and O–H groups in total. The summed E-state index contributed by atoms with van der Waals surface area (Å²) in [6.07, 6.45) is 2.88. The lowest BCUT2D eigenvalue weighted by Gasteiger charge is -2.39.